The van der Waals surface area contributed by atoms with E-state index in [0.717, 1.165) is 34.0 Å². The van der Waals surface area contributed by atoms with Gasteiger partial charge in [0.25, 0.3) is 0 Å². The fourth-order valence-corrected chi connectivity index (χ4v) is 2.66. The van der Waals surface area contributed by atoms with Gasteiger partial charge >= 0.3 is 0 Å². The summed E-state index contributed by atoms with van der Waals surface area (Å²) in [4.78, 5) is 4.19. The van der Waals surface area contributed by atoms with E-state index in [-0.39, 0.29) is 0 Å². The maximum Gasteiger partial charge on any atom is 0.175 e. The number of rotatable bonds is 5. The molecule has 146 valence electrons. The minimum absolute atomic E-state index is 0.414. The summed E-state index contributed by atoms with van der Waals surface area (Å²) in [6, 6.07) is 15.6. The van der Waals surface area contributed by atoms with Crippen molar-refractivity contribution < 1.29 is 0 Å². The number of amidine groups is 2. The lowest BCUT2D eigenvalue weighted by molar-refractivity contribution is 1.15. The van der Waals surface area contributed by atoms with Crippen LogP contribution in [0.25, 0.3) is 0 Å². The number of benzene rings is 2. The van der Waals surface area contributed by atoms with E-state index >= 15 is 0 Å². The van der Waals surface area contributed by atoms with Crippen molar-refractivity contribution in [3.8, 4) is 0 Å². The third-order valence-electron chi connectivity index (χ3n) is 3.77. The molecule has 0 amide bonds. The van der Waals surface area contributed by atoms with Gasteiger partial charge in [-0.15, -0.1) is 5.10 Å². The van der Waals surface area contributed by atoms with E-state index in [0.29, 0.717) is 10.9 Å². The lowest BCUT2D eigenvalue weighted by atomic mass is 10.1. The summed E-state index contributed by atoms with van der Waals surface area (Å²) in [6.07, 6.45) is 0. The van der Waals surface area contributed by atoms with Crippen LogP contribution in [0.2, 0.25) is 0 Å². The van der Waals surface area contributed by atoms with E-state index in [9.17, 15) is 0 Å². The van der Waals surface area contributed by atoms with Gasteiger partial charge in [0.1, 0.15) is 11.7 Å². The van der Waals surface area contributed by atoms with Crippen molar-refractivity contribution in [1.82, 2.24) is 5.32 Å². The second kappa shape index (κ2) is 10.2. The predicted molar refractivity (Wildman–Crippen MR) is 124 cm³/mol. The van der Waals surface area contributed by atoms with Gasteiger partial charge in [-0.25, -0.2) is 0 Å². The largest absolute Gasteiger partial charge is 0.386 e. The molecule has 0 heterocycles. The molecule has 28 heavy (non-hydrogen) atoms. The number of nitrogens with two attached hydrogens (primary N) is 1. The highest BCUT2D eigenvalue weighted by molar-refractivity contribution is 7.80. The number of hydrogen-bond acceptors (Lipinski definition) is 4. The SMILES string of the molecule is CN=C(NC)c1ccc(NC(=S)Nc2cccc(/C(C)=N/N=C(C)N)c2)cc1. The van der Waals surface area contributed by atoms with E-state index in [4.69, 9.17) is 18.0 Å². The number of nitrogens with one attached hydrogen (secondary N) is 3. The molecule has 2 aromatic carbocycles. The van der Waals surface area contributed by atoms with Crippen molar-refractivity contribution in [2.45, 2.75) is 13.8 Å². The molecule has 0 saturated carbocycles. The third kappa shape index (κ3) is 6.17. The van der Waals surface area contributed by atoms with Gasteiger partial charge in [-0.1, -0.05) is 12.1 Å². The van der Waals surface area contributed by atoms with Gasteiger partial charge in [0, 0.05) is 31.0 Å². The molecule has 0 saturated heterocycles. The Morgan fingerprint density at radius 3 is 2.21 bits per heavy atom. The summed E-state index contributed by atoms with van der Waals surface area (Å²) in [6.45, 7) is 3.57. The van der Waals surface area contributed by atoms with Gasteiger partial charge in [0.05, 0.1) is 5.71 Å². The number of thiocarbonyl (C=S) groups is 1. The summed E-state index contributed by atoms with van der Waals surface area (Å²) in [5.41, 5.74) is 9.96. The molecular formula is C20H25N7S. The first kappa shape index (κ1) is 21.0. The highest BCUT2D eigenvalue weighted by atomic mass is 32.1. The molecule has 0 bridgehead atoms. The molecule has 0 spiro atoms. The Hall–Kier alpha value is -3.26. The smallest absolute Gasteiger partial charge is 0.175 e. The molecule has 0 unspecified atom stereocenters. The minimum atomic E-state index is 0.414. The second-order valence-electron chi connectivity index (χ2n) is 5.99. The normalized spacial score (nSPS) is 12.5. The van der Waals surface area contributed by atoms with E-state index in [1.807, 2.05) is 62.5 Å². The van der Waals surface area contributed by atoms with Gasteiger partial charge in [0.15, 0.2) is 5.11 Å². The lowest BCUT2D eigenvalue weighted by Crippen LogP contribution is -2.20. The van der Waals surface area contributed by atoms with Crippen LogP contribution in [0.1, 0.15) is 25.0 Å². The van der Waals surface area contributed by atoms with Crippen LogP contribution in [0.4, 0.5) is 11.4 Å². The van der Waals surface area contributed by atoms with E-state index in [2.05, 4.69) is 31.1 Å². The second-order valence-corrected chi connectivity index (χ2v) is 6.39. The van der Waals surface area contributed by atoms with Crippen molar-refractivity contribution in [2.75, 3.05) is 24.7 Å². The van der Waals surface area contributed by atoms with Crippen molar-refractivity contribution >= 4 is 46.1 Å². The van der Waals surface area contributed by atoms with Crippen LogP contribution in [0.15, 0.2) is 63.7 Å². The molecule has 0 fully saturated rings. The van der Waals surface area contributed by atoms with Gasteiger partial charge in [0.2, 0.25) is 0 Å². The number of anilines is 2. The topological polar surface area (TPSA) is 99.2 Å². The Kier molecular flexibility index (Phi) is 7.65. The first-order valence-corrected chi connectivity index (χ1v) is 9.11. The quantitative estimate of drug-likeness (QED) is 0.270. The summed E-state index contributed by atoms with van der Waals surface area (Å²) in [5.74, 6) is 1.24. The highest BCUT2D eigenvalue weighted by Gasteiger charge is 2.04. The first-order valence-electron chi connectivity index (χ1n) is 8.70. The Morgan fingerprint density at radius 2 is 1.61 bits per heavy atom. The third-order valence-corrected chi connectivity index (χ3v) is 3.98. The molecule has 7 nitrogen and oxygen atoms in total. The highest BCUT2D eigenvalue weighted by Crippen LogP contribution is 2.14. The number of nitrogens with zero attached hydrogens (tertiary/aromatic N) is 3. The lowest BCUT2D eigenvalue weighted by Gasteiger charge is -2.12. The van der Waals surface area contributed by atoms with Gasteiger partial charge in [-0.3, -0.25) is 4.99 Å². The predicted octanol–water partition coefficient (Wildman–Crippen LogP) is 3.19. The average molecular weight is 396 g/mol. The molecule has 0 aliphatic rings. The van der Waals surface area contributed by atoms with Crippen molar-refractivity contribution in [3.05, 3.63) is 59.7 Å². The Balaban J connectivity index is 2.04. The molecule has 0 aliphatic carbocycles. The maximum absolute atomic E-state index is 5.52. The Bertz CT molecular complexity index is 910. The Morgan fingerprint density at radius 1 is 0.929 bits per heavy atom. The molecule has 0 aromatic heterocycles. The zero-order valence-electron chi connectivity index (χ0n) is 16.4. The summed E-state index contributed by atoms with van der Waals surface area (Å²) < 4.78 is 0. The van der Waals surface area contributed by atoms with Crippen LogP contribution in [-0.2, 0) is 0 Å². The molecule has 2 aromatic rings. The van der Waals surface area contributed by atoms with Crippen LogP contribution >= 0.6 is 12.2 Å². The van der Waals surface area contributed by atoms with Crippen LogP contribution < -0.4 is 21.7 Å². The first-order chi connectivity index (χ1) is 13.4. The molecule has 8 heteroatoms. The van der Waals surface area contributed by atoms with Crippen molar-refractivity contribution in [1.29, 1.82) is 0 Å². The minimum Gasteiger partial charge on any atom is -0.386 e. The summed E-state index contributed by atoms with van der Waals surface area (Å²) >= 11 is 5.42. The van der Waals surface area contributed by atoms with Crippen LogP contribution in [-0.4, -0.2) is 36.6 Å². The van der Waals surface area contributed by atoms with Crippen LogP contribution in [0.5, 0.6) is 0 Å². The molecule has 0 aliphatic heterocycles. The fraction of sp³-hybridized carbons (Fsp3) is 0.200. The summed E-state index contributed by atoms with van der Waals surface area (Å²) in [7, 11) is 3.60. The standard InChI is InChI=1S/C20H25N7S/c1-13(26-27-14(2)21)16-6-5-7-18(12-16)25-20(28)24-17-10-8-15(9-11-17)19(22-3)23-4/h5-12H,1-4H3,(H2,21,27)(H,22,23)(H2,24,25,28)/b26-13+. The maximum atomic E-state index is 5.52. The zero-order chi connectivity index (χ0) is 20.5. The van der Waals surface area contributed by atoms with Gasteiger partial charge < -0.3 is 21.7 Å². The number of hydrogen-bond donors (Lipinski definition) is 4. The van der Waals surface area contributed by atoms with Crippen molar-refractivity contribution in [2.24, 2.45) is 20.9 Å². The number of aliphatic imine (C=N–C) groups is 1. The molecular weight excluding hydrogens is 370 g/mol. The van der Waals surface area contributed by atoms with Crippen molar-refractivity contribution in [3.63, 3.8) is 0 Å². The molecule has 2 rings (SSSR count). The molecule has 0 atom stereocenters. The van der Waals surface area contributed by atoms with E-state index in [1.54, 1.807) is 14.0 Å². The van der Waals surface area contributed by atoms with Gasteiger partial charge in [-0.2, -0.15) is 5.10 Å². The average Bonchev–Trinajstić information content (AvgIpc) is 2.68. The van der Waals surface area contributed by atoms with Crippen LogP contribution in [0, 0.1) is 0 Å². The van der Waals surface area contributed by atoms with E-state index < -0.39 is 0 Å². The van der Waals surface area contributed by atoms with Gasteiger partial charge in [-0.05, 0) is 68.0 Å². The Labute approximate surface area is 170 Å². The zero-order valence-corrected chi connectivity index (χ0v) is 17.3. The monoisotopic (exact) mass is 395 g/mol. The molecule has 0 radical (unpaired) electrons. The summed E-state index contributed by atoms with van der Waals surface area (Å²) in [5, 5.41) is 17.9. The fourth-order valence-electron chi connectivity index (χ4n) is 2.42. The van der Waals surface area contributed by atoms with E-state index in [1.165, 1.54) is 0 Å². The van der Waals surface area contributed by atoms with Crippen LogP contribution in [0.3, 0.4) is 0 Å². The molecule has 5 N–H and O–H groups in total.